The molecule has 0 spiro atoms. The highest BCUT2D eigenvalue weighted by molar-refractivity contribution is 5.98. The maximum absolute atomic E-state index is 12.2. The molecular weight excluding hydrogens is 244 g/mol. The van der Waals surface area contributed by atoms with Crippen LogP contribution < -0.4 is 0 Å². The number of amides is 1. The molecule has 0 unspecified atom stereocenters. The van der Waals surface area contributed by atoms with Gasteiger partial charge in [-0.05, 0) is 6.92 Å². The van der Waals surface area contributed by atoms with Crippen LogP contribution in [-0.4, -0.2) is 40.1 Å². The third-order valence-electron chi connectivity index (χ3n) is 3.23. The Labute approximate surface area is 110 Å². The molecule has 3 rings (SSSR count). The summed E-state index contributed by atoms with van der Waals surface area (Å²) in [5.74, 6) is 0.279. The molecule has 1 aromatic carbocycles. The summed E-state index contributed by atoms with van der Waals surface area (Å²) in [6.07, 6.45) is 0.859. The number of carbonyl (C=O) groups excluding carboxylic acids is 1. The lowest BCUT2D eigenvalue weighted by Gasteiger charge is -2.35. The minimum Gasteiger partial charge on any atom is -0.443 e. The first-order valence-corrected chi connectivity index (χ1v) is 6.13. The molecule has 2 aromatic rings. The van der Waals surface area contributed by atoms with E-state index in [2.05, 4.69) is 4.98 Å². The molecule has 2 heterocycles. The van der Waals surface area contributed by atoms with E-state index in [9.17, 15) is 9.90 Å². The molecule has 98 valence electrons. The molecule has 1 saturated heterocycles. The summed E-state index contributed by atoms with van der Waals surface area (Å²) in [6, 6.07) is 7.72. The van der Waals surface area contributed by atoms with Gasteiger partial charge in [-0.2, -0.15) is 0 Å². The lowest BCUT2D eigenvalue weighted by atomic mass is 10.1. The molecule has 0 saturated carbocycles. The van der Waals surface area contributed by atoms with Gasteiger partial charge >= 0.3 is 0 Å². The number of oxazole rings is 1. The number of benzene rings is 1. The van der Waals surface area contributed by atoms with Gasteiger partial charge in [-0.1, -0.05) is 29.8 Å². The predicted octanol–water partition coefficient (Wildman–Crippen LogP) is 1.47. The summed E-state index contributed by atoms with van der Waals surface area (Å²) in [5.41, 5.74) is 2.27. The molecule has 0 radical (unpaired) electrons. The number of aliphatic hydroxyl groups excluding tert-OH is 1. The van der Waals surface area contributed by atoms with Gasteiger partial charge in [0.1, 0.15) is 0 Å². The third kappa shape index (κ3) is 2.13. The number of β-amino-alcohol motifs (C(OH)–C–C–N with tert-alkyl or cyclic N) is 1. The summed E-state index contributed by atoms with van der Waals surface area (Å²) in [7, 11) is 0. The fourth-order valence-electron chi connectivity index (χ4n) is 2.08. The van der Waals surface area contributed by atoms with Crippen LogP contribution in [0, 0.1) is 6.92 Å². The van der Waals surface area contributed by atoms with Crippen LogP contribution in [0.3, 0.4) is 0 Å². The summed E-state index contributed by atoms with van der Waals surface area (Å²) in [4.78, 5) is 17.7. The van der Waals surface area contributed by atoms with Crippen molar-refractivity contribution in [2.45, 2.75) is 13.0 Å². The highest BCUT2D eigenvalue weighted by atomic mass is 16.3. The van der Waals surface area contributed by atoms with Crippen LogP contribution in [0.25, 0.3) is 11.3 Å². The average Bonchev–Trinajstić information content (AvgIpc) is 2.84. The van der Waals surface area contributed by atoms with Gasteiger partial charge in [-0.25, -0.2) is 4.98 Å². The van der Waals surface area contributed by atoms with E-state index in [1.807, 2.05) is 31.2 Å². The van der Waals surface area contributed by atoms with Gasteiger partial charge in [-0.3, -0.25) is 4.79 Å². The number of hydrogen-bond donors (Lipinski definition) is 1. The van der Waals surface area contributed by atoms with Crippen molar-refractivity contribution < 1.29 is 14.3 Å². The van der Waals surface area contributed by atoms with Crippen LogP contribution in [-0.2, 0) is 0 Å². The largest absolute Gasteiger partial charge is 0.443 e. The Kier molecular flexibility index (Phi) is 2.83. The number of nitrogens with zero attached hydrogens (tertiary/aromatic N) is 2. The highest BCUT2D eigenvalue weighted by Gasteiger charge is 2.32. The summed E-state index contributed by atoms with van der Waals surface area (Å²) in [5, 5.41) is 9.24. The van der Waals surface area contributed by atoms with Gasteiger partial charge in [0, 0.05) is 18.7 Å². The van der Waals surface area contributed by atoms with Crippen LogP contribution in [0.5, 0.6) is 0 Å². The minimum absolute atomic E-state index is 0.199. The van der Waals surface area contributed by atoms with E-state index in [1.54, 1.807) is 4.90 Å². The predicted molar refractivity (Wildman–Crippen MR) is 68.6 cm³/mol. The van der Waals surface area contributed by atoms with Crippen molar-refractivity contribution in [1.82, 2.24) is 9.88 Å². The second-order valence-electron chi connectivity index (χ2n) is 4.76. The lowest BCUT2D eigenvalue weighted by molar-refractivity contribution is 0.00556. The van der Waals surface area contributed by atoms with Crippen molar-refractivity contribution in [2.75, 3.05) is 13.1 Å². The fraction of sp³-hybridized carbons (Fsp3) is 0.286. The molecule has 0 atom stereocenters. The summed E-state index contributed by atoms with van der Waals surface area (Å²) >= 11 is 0. The zero-order valence-electron chi connectivity index (χ0n) is 10.5. The Bertz CT molecular complexity index is 597. The van der Waals surface area contributed by atoms with Crippen molar-refractivity contribution in [3.63, 3.8) is 0 Å². The quantitative estimate of drug-likeness (QED) is 0.885. The Morgan fingerprint density at radius 2 is 2.05 bits per heavy atom. The molecule has 1 amide bonds. The number of aromatic nitrogens is 1. The molecular formula is C14H14N2O3. The first-order valence-electron chi connectivity index (χ1n) is 6.13. The summed E-state index contributed by atoms with van der Waals surface area (Å²) < 4.78 is 5.34. The lowest BCUT2D eigenvalue weighted by Crippen LogP contribution is -2.53. The van der Waals surface area contributed by atoms with Crippen molar-refractivity contribution in [2.24, 2.45) is 0 Å². The van der Waals surface area contributed by atoms with E-state index < -0.39 is 6.10 Å². The maximum Gasteiger partial charge on any atom is 0.276 e. The molecule has 1 aromatic heterocycles. The maximum atomic E-state index is 12.2. The monoisotopic (exact) mass is 258 g/mol. The number of aryl methyl sites for hydroxylation is 1. The molecule has 1 fully saturated rings. The third-order valence-corrected chi connectivity index (χ3v) is 3.23. The Morgan fingerprint density at radius 3 is 2.68 bits per heavy atom. The van der Waals surface area contributed by atoms with Crippen LogP contribution in [0.2, 0.25) is 0 Å². The molecule has 19 heavy (non-hydrogen) atoms. The van der Waals surface area contributed by atoms with E-state index in [0.29, 0.717) is 24.5 Å². The van der Waals surface area contributed by atoms with Crippen LogP contribution in [0.4, 0.5) is 0 Å². The normalized spacial score (nSPS) is 15.4. The van der Waals surface area contributed by atoms with Crippen molar-refractivity contribution in [1.29, 1.82) is 0 Å². The molecule has 5 heteroatoms. The van der Waals surface area contributed by atoms with Crippen LogP contribution in [0.15, 0.2) is 35.1 Å². The van der Waals surface area contributed by atoms with Gasteiger partial charge in [0.05, 0.1) is 6.10 Å². The van der Waals surface area contributed by atoms with E-state index >= 15 is 0 Å². The zero-order valence-corrected chi connectivity index (χ0v) is 10.5. The molecule has 1 N–H and O–H groups in total. The first kappa shape index (κ1) is 11.9. The van der Waals surface area contributed by atoms with Gasteiger partial charge < -0.3 is 14.4 Å². The van der Waals surface area contributed by atoms with Crippen LogP contribution >= 0.6 is 0 Å². The van der Waals surface area contributed by atoms with Gasteiger partial charge in [0.15, 0.2) is 17.8 Å². The van der Waals surface area contributed by atoms with Crippen molar-refractivity contribution in [3.05, 3.63) is 41.9 Å². The SMILES string of the molecule is Cc1ccc(-c2ocnc2C(=O)N2CC(O)C2)cc1. The smallest absolute Gasteiger partial charge is 0.276 e. The van der Waals surface area contributed by atoms with Gasteiger partial charge in [0.2, 0.25) is 0 Å². The number of hydrogen-bond acceptors (Lipinski definition) is 4. The number of rotatable bonds is 2. The Balaban J connectivity index is 1.90. The second kappa shape index (κ2) is 4.51. The topological polar surface area (TPSA) is 66.6 Å². The first-order chi connectivity index (χ1) is 9.15. The molecule has 0 bridgehead atoms. The molecule has 1 aliphatic rings. The molecule has 1 aliphatic heterocycles. The van der Waals surface area contributed by atoms with E-state index in [1.165, 1.54) is 6.39 Å². The Morgan fingerprint density at radius 1 is 1.37 bits per heavy atom. The van der Waals surface area contributed by atoms with Crippen LogP contribution in [0.1, 0.15) is 16.1 Å². The number of carbonyl (C=O) groups is 1. The van der Waals surface area contributed by atoms with E-state index in [-0.39, 0.29) is 5.91 Å². The summed E-state index contributed by atoms with van der Waals surface area (Å²) in [6.45, 7) is 2.72. The van der Waals surface area contributed by atoms with Gasteiger partial charge in [-0.15, -0.1) is 0 Å². The fourth-order valence-corrected chi connectivity index (χ4v) is 2.08. The minimum atomic E-state index is -0.418. The second-order valence-corrected chi connectivity index (χ2v) is 4.76. The number of likely N-dealkylation sites (tertiary alicyclic amines) is 1. The van der Waals surface area contributed by atoms with E-state index in [0.717, 1.165) is 11.1 Å². The molecule has 5 nitrogen and oxygen atoms in total. The van der Waals surface area contributed by atoms with Gasteiger partial charge in [0.25, 0.3) is 5.91 Å². The number of aliphatic hydroxyl groups is 1. The average molecular weight is 258 g/mol. The zero-order chi connectivity index (χ0) is 13.4. The molecule has 0 aliphatic carbocycles. The Hall–Kier alpha value is -2.14. The van der Waals surface area contributed by atoms with Crippen molar-refractivity contribution in [3.8, 4) is 11.3 Å². The van der Waals surface area contributed by atoms with Crippen molar-refractivity contribution >= 4 is 5.91 Å². The highest BCUT2D eigenvalue weighted by Crippen LogP contribution is 2.25. The van der Waals surface area contributed by atoms with E-state index in [4.69, 9.17) is 4.42 Å². The standard InChI is InChI=1S/C14H14N2O3/c1-9-2-4-10(5-3-9)13-12(15-8-19-13)14(18)16-6-11(17)7-16/h2-5,8,11,17H,6-7H2,1H3.